The van der Waals surface area contributed by atoms with Crippen LogP contribution in [0.1, 0.15) is 34.3 Å². The first-order valence-corrected chi connectivity index (χ1v) is 13.7. The molecule has 0 saturated carbocycles. The van der Waals surface area contributed by atoms with Gasteiger partial charge < -0.3 is 20.6 Å². The average Bonchev–Trinajstić information content (AvgIpc) is 3.13. The third-order valence-electron chi connectivity index (χ3n) is 7.38. The normalized spacial score (nSPS) is 18.4. The summed E-state index contributed by atoms with van der Waals surface area (Å²) in [6.45, 7) is 1.12. The maximum atomic E-state index is 14.9. The highest BCUT2D eigenvalue weighted by Gasteiger charge is 2.32. The molecule has 1 aromatic heterocycles. The first-order valence-electron chi connectivity index (χ1n) is 13.4. The molecule has 9 nitrogen and oxygen atoms in total. The molecule has 3 aliphatic rings. The molecule has 3 N–H and O–H groups in total. The third-order valence-corrected chi connectivity index (χ3v) is 7.61. The summed E-state index contributed by atoms with van der Waals surface area (Å²) >= 11 is 6.30. The molecule has 214 valence electrons. The van der Waals surface area contributed by atoms with Gasteiger partial charge in [0.15, 0.2) is 0 Å². The van der Waals surface area contributed by atoms with E-state index < -0.39 is 23.7 Å². The molecule has 6 rings (SSSR count). The van der Waals surface area contributed by atoms with Gasteiger partial charge in [-0.1, -0.05) is 17.7 Å². The summed E-state index contributed by atoms with van der Waals surface area (Å²) in [6, 6.07) is 10.7. The lowest BCUT2D eigenvalue weighted by molar-refractivity contribution is -0.142. The highest BCUT2D eigenvalue weighted by Crippen LogP contribution is 2.38. The Bertz CT molecular complexity index is 1690. The minimum absolute atomic E-state index is 0.0955. The van der Waals surface area contributed by atoms with E-state index in [-0.39, 0.29) is 49.1 Å². The van der Waals surface area contributed by atoms with Crippen LogP contribution in [0.25, 0.3) is 11.3 Å². The van der Waals surface area contributed by atoms with Gasteiger partial charge in [-0.15, -0.1) is 0 Å². The molecule has 12 heteroatoms. The van der Waals surface area contributed by atoms with Crippen molar-refractivity contribution >= 4 is 40.8 Å². The molecule has 2 aromatic carbocycles. The number of aliphatic carboxylic acids is 1. The zero-order valence-corrected chi connectivity index (χ0v) is 23.0. The summed E-state index contributed by atoms with van der Waals surface area (Å²) in [5.41, 5.74) is 3.28. The second kappa shape index (κ2) is 11.4. The molecular weight excluding hydrogens is 566 g/mol. The van der Waals surface area contributed by atoms with Gasteiger partial charge in [0, 0.05) is 65.2 Å². The van der Waals surface area contributed by atoms with Crippen LogP contribution in [-0.2, 0) is 11.3 Å². The van der Waals surface area contributed by atoms with E-state index in [4.69, 9.17) is 16.6 Å². The molecule has 1 amide bonds. The van der Waals surface area contributed by atoms with Gasteiger partial charge in [0.25, 0.3) is 5.91 Å². The Hall–Kier alpha value is -4.48. The van der Waals surface area contributed by atoms with Crippen LogP contribution in [0.4, 0.5) is 20.4 Å². The molecule has 3 aromatic rings. The van der Waals surface area contributed by atoms with Crippen LogP contribution in [0.5, 0.6) is 0 Å². The monoisotopic (exact) mass is 590 g/mol. The van der Waals surface area contributed by atoms with Gasteiger partial charge in [-0.25, -0.2) is 23.5 Å². The number of anilines is 2. The number of carboxylic acid groups (broad SMARTS) is 1. The molecule has 1 fully saturated rings. The van der Waals surface area contributed by atoms with Crippen LogP contribution >= 0.6 is 11.6 Å². The molecule has 1 saturated heterocycles. The van der Waals surface area contributed by atoms with E-state index in [0.717, 1.165) is 0 Å². The van der Waals surface area contributed by atoms with Crippen molar-refractivity contribution in [2.75, 3.05) is 25.0 Å². The van der Waals surface area contributed by atoms with Crippen LogP contribution in [0.15, 0.2) is 77.0 Å². The van der Waals surface area contributed by atoms with E-state index in [9.17, 15) is 23.5 Å². The van der Waals surface area contributed by atoms with Gasteiger partial charge in [0.05, 0.1) is 23.5 Å². The van der Waals surface area contributed by atoms with Gasteiger partial charge in [0.1, 0.15) is 17.7 Å². The number of fused-ring (bicyclic) bond motifs is 3. The Morgan fingerprint density at radius 3 is 2.69 bits per heavy atom. The fraction of sp³-hybridized carbons (Fsp3) is 0.233. The Balaban J connectivity index is 1.28. The van der Waals surface area contributed by atoms with E-state index >= 15 is 0 Å². The number of halogens is 3. The van der Waals surface area contributed by atoms with E-state index in [2.05, 4.69) is 20.6 Å². The van der Waals surface area contributed by atoms with Crippen molar-refractivity contribution in [3.05, 3.63) is 93.7 Å². The molecule has 0 spiro atoms. The van der Waals surface area contributed by atoms with Crippen molar-refractivity contribution < 1.29 is 23.5 Å². The van der Waals surface area contributed by atoms with Crippen LogP contribution < -0.4 is 10.6 Å². The topological polar surface area (TPSA) is 120 Å². The van der Waals surface area contributed by atoms with Gasteiger partial charge in [-0.2, -0.15) is 0 Å². The van der Waals surface area contributed by atoms with Crippen molar-refractivity contribution in [2.24, 2.45) is 4.99 Å². The summed E-state index contributed by atoms with van der Waals surface area (Å²) in [7, 11) is 0. The number of amides is 1. The van der Waals surface area contributed by atoms with Crippen molar-refractivity contribution in [1.29, 1.82) is 0 Å². The quantitative estimate of drug-likeness (QED) is 0.373. The minimum atomic E-state index is -1.06. The molecule has 42 heavy (non-hydrogen) atoms. The number of aliphatic imine (C=N–C) groups is 1. The highest BCUT2D eigenvalue weighted by atomic mass is 35.5. The standard InChI is InChI=1S/C30H25ClF2N6O3/c31-18-6-9-20-21(12-18)27(25-22(32)2-1-3-23(25)33)35-13-17-14-36-30(38-26(17)20)37-19-7-4-16(5-8-19)28(40)39-11-10-34-15-24(39)29(41)42/h2,4-9,12,14,24,34H,1,3,10-11,13,15H2,(H,41,42)(H,36,37,38). The predicted molar refractivity (Wildman–Crippen MR) is 154 cm³/mol. The highest BCUT2D eigenvalue weighted by molar-refractivity contribution is 6.31. The van der Waals surface area contributed by atoms with E-state index in [1.807, 2.05) is 0 Å². The zero-order chi connectivity index (χ0) is 29.4. The number of carbonyl (C=O) groups is 2. The third kappa shape index (κ3) is 5.28. The number of piperazine rings is 1. The number of carboxylic acids is 1. The lowest BCUT2D eigenvalue weighted by atomic mass is 9.91. The van der Waals surface area contributed by atoms with E-state index in [1.54, 1.807) is 48.7 Å². The summed E-state index contributed by atoms with van der Waals surface area (Å²) in [5, 5.41) is 16.0. The SMILES string of the molecule is O=C(O)C1CNCCN1C(=O)c1ccc(Nc2ncc3c(n2)-c2ccc(Cl)cc2C(C2=C(F)CCC=C2F)=NC3)cc1. The fourth-order valence-electron chi connectivity index (χ4n) is 5.28. The van der Waals surface area contributed by atoms with Crippen LogP contribution in [0.2, 0.25) is 5.02 Å². The number of carbonyl (C=O) groups excluding carboxylic acids is 1. The van der Waals surface area contributed by atoms with Crippen LogP contribution in [-0.4, -0.2) is 63.2 Å². The Labute approximate surface area is 244 Å². The molecule has 3 heterocycles. The Morgan fingerprint density at radius 1 is 1.12 bits per heavy atom. The minimum Gasteiger partial charge on any atom is -0.480 e. The summed E-state index contributed by atoms with van der Waals surface area (Å²) < 4.78 is 29.7. The number of hydrogen-bond acceptors (Lipinski definition) is 7. The van der Waals surface area contributed by atoms with Crippen molar-refractivity contribution in [1.82, 2.24) is 20.2 Å². The fourth-order valence-corrected chi connectivity index (χ4v) is 5.45. The molecule has 2 aliphatic heterocycles. The molecular formula is C30H25ClF2N6O3. The summed E-state index contributed by atoms with van der Waals surface area (Å²) in [5.74, 6) is -2.37. The van der Waals surface area contributed by atoms with Crippen LogP contribution in [0.3, 0.4) is 0 Å². The molecule has 1 atom stereocenters. The van der Waals surface area contributed by atoms with Crippen molar-refractivity contribution in [2.45, 2.75) is 25.4 Å². The Morgan fingerprint density at radius 2 is 1.93 bits per heavy atom. The molecule has 1 aliphatic carbocycles. The number of aromatic nitrogens is 2. The van der Waals surface area contributed by atoms with Crippen LogP contribution in [0, 0.1) is 0 Å². The van der Waals surface area contributed by atoms with E-state index in [0.29, 0.717) is 51.7 Å². The lowest BCUT2D eigenvalue weighted by Crippen LogP contribution is -2.56. The molecule has 0 bridgehead atoms. The second-order valence-corrected chi connectivity index (χ2v) is 10.5. The Kier molecular flexibility index (Phi) is 7.53. The van der Waals surface area contributed by atoms with E-state index in [1.165, 1.54) is 11.0 Å². The maximum Gasteiger partial charge on any atom is 0.327 e. The van der Waals surface area contributed by atoms with Crippen molar-refractivity contribution in [3.8, 4) is 11.3 Å². The average molecular weight is 591 g/mol. The van der Waals surface area contributed by atoms with Gasteiger partial charge in [-0.3, -0.25) is 9.79 Å². The summed E-state index contributed by atoms with van der Waals surface area (Å²) in [6.07, 6.45) is 3.35. The smallest absolute Gasteiger partial charge is 0.327 e. The lowest BCUT2D eigenvalue weighted by Gasteiger charge is -2.33. The number of nitrogens with one attached hydrogen (secondary N) is 2. The number of rotatable bonds is 5. The largest absolute Gasteiger partial charge is 0.480 e. The van der Waals surface area contributed by atoms with Gasteiger partial charge in [-0.05, 0) is 48.9 Å². The molecule has 0 radical (unpaired) electrons. The number of benzene rings is 2. The van der Waals surface area contributed by atoms with Crippen molar-refractivity contribution in [3.63, 3.8) is 0 Å². The first kappa shape index (κ1) is 27.7. The summed E-state index contributed by atoms with van der Waals surface area (Å²) in [4.78, 5) is 39.7. The second-order valence-electron chi connectivity index (χ2n) is 10.1. The predicted octanol–water partition coefficient (Wildman–Crippen LogP) is 5.21. The number of hydrogen-bond donors (Lipinski definition) is 3. The zero-order valence-electron chi connectivity index (χ0n) is 22.2. The van der Waals surface area contributed by atoms with Gasteiger partial charge in [0.2, 0.25) is 5.95 Å². The number of nitrogens with zero attached hydrogens (tertiary/aromatic N) is 4. The first-order chi connectivity index (χ1) is 20.3. The van der Waals surface area contributed by atoms with Gasteiger partial charge >= 0.3 is 5.97 Å². The number of allylic oxidation sites excluding steroid dienone is 4. The molecule has 1 unspecified atom stereocenters. The maximum absolute atomic E-state index is 14.9.